The van der Waals surface area contributed by atoms with Crippen LogP contribution in [0.2, 0.25) is 0 Å². The highest BCUT2D eigenvalue weighted by molar-refractivity contribution is 5.87. The molecule has 0 spiro atoms. The van der Waals surface area contributed by atoms with Crippen LogP contribution in [0.15, 0.2) is 0 Å². The van der Waals surface area contributed by atoms with Crippen LogP contribution in [-0.4, -0.2) is 47.1 Å². The standard InChI is InChI=1S/C14H24N2O3/c1-2-6-14(7-4-8-15-14)13(19)16-9-3-5-11(10-16)12(17)18/h11,15H,2-10H2,1H3,(H,17,18). The fraction of sp³-hybridized carbons (Fsp3) is 0.857. The highest BCUT2D eigenvalue weighted by atomic mass is 16.4. The average Bonchev–Trinajstić information content (AvgIpc) is 2.88. The second kappa shape index (κ2) is 5.90. The third-order valence-corrected chi connectivity index (χ3v) is 4.39. The number of amides is 1. The Morgan fingerprint density at radius 2 is 2.21 bits per heavy atom. The summed E-state index contributed by atoms with van der Waals surface area (Å²) in [5.74, 6) is -1.04. The molecule has 2 aliphatic rings. The van der Waals surface area contributed by atoms with Crippen LogP contribution in [-0.2, 0) is 9.59 Å². The van der Waals surface area contributed by atoms with Crippen molar-refractivity contribution in [1.29, 1.82) is 0 Å². The molecule has 0 radical (unpaired) electrons. The number of carbonyl (C=O) groups excluding carboxylic acids is 1. The van der Waals surface area contributed by atoms with E-state index in [0.29, 0.717) is 19.5 Å². The summed E-state index contributed by atoms with van der Waals surface area (Å²) in [5.41, 5.74) is -0.421. The van der Waals surface area contributed by atoms with Gasteiger partial charge in [0, 0.05) is 13.1 Å². The molecule has 2 atom stereocenters. The van der Waals surface area contributed by atoms with E-state index < -0.39 is 17.4 Å². The number of nitrogens with zero attached hydrogens (tertiary/aromatic N) is 1. The largest absolute Gasteiger partial charge is 0.481 e. The monoisotopic (exact) mass is 268 g/mol. The van der Waals surface area contributed by atoms with Gasteiger partial charge in [-0.2, -0.15) is 0 Å². The van der Waals surface area contributed by atoms with Gasteiger partial charge in [-0.25, -0.2) is 0 Å². The zero-order valence-electron chi connectivity index (χ0n) is 11.7. The molecule has 108 valence electrons. The van der Waals surface area contributed by atoms with Crippen molar-refractivity contribution in [2.75, 3.05) is 19.6 Å². The third-order valence-electron chi connectivity index (χ3n) is 4.39. The molecule has 2 rings (SSSR count). The quantitative estimate of drug-likeness (QED) is 0.804. The van der Waals surface area contributed by atoms with Crippen LogP contribution in [0.4, 0.5) is 0 Å². The van der Waals surface area contributed by atoms with Crippen molar-refractivity contribution in [3.63, 3.8) is 0 Å². The fourth-order valence-electron chi connectivity index (χ4n) is 3.40. The lowest BCUT2D eigenvalue weighted by molar-refractivity contribution is -0.147. The van der Waals surface area contributed by atoms with Crippen LogP contribution in [0.25, 0.3) is 0 Å². The minimum absolute atomic E-state index is 0.123. The molecule has 2 N–H and O–H groups in total. The summed E-state index contributed by atoms with van der Waals surface area (Å²) >= 11 is 0. The Bertz CT molecular complexity index is 351. The molecular weight excluding hydrogens is 244 g/mol. The number of carbonyl (C=O) groups is 2. The maximum atomic E-state index is 12.8. The SMILES string of the molecule is CCCC1(C(=O)N2CCCC(C(=O)O)C2)CCCN1. The van der Waals surface area contributed by atoms with Gasteiger partial charge in [-0.05, 0) is 38.6 Å². The molecule has 2 aliphatic heterocycles. The van der Waals surface area contributed by atoms with E-state index in [1.54, 1.807) is 4.90 Å². The topological polar surface area (TPSA) is 69.6 Å². The molecule has 0 aromatic heterocycles. The summed E-state index contributed by atoms with van der Waals surface area (Å²) in [4.78, 5) is 25.6. The molecule has 0 aromatic carbocycles. The van der Waals surface area contributed by atoms with E-state index in [0.717, 1.165) is 38.6 Å². The zero-order chi connectivity index (χ0) is 13.9. The van der Waals surface area contributed by atoms with Crippen molar-refractivity contribution < 1.29 is 14.7 Å². The van der Waals surface area contributed by atoms with Gasteiger partial charge >= 0.3 is 5.97 Å². The van der Waals surface area contributed by atoms with Crippen LogP contribution < -0.4 is 5.32 Å². The van der Waals surface area contributed by atoms with Crippen molar-refractivity contribution in [1.82, 2.24) is 10.2 Å². The highest BCUT2D eigenvalue weighted by Crippen LogP contribution is 2.29. The lowest BCUT2D eigenvalue weighted by atomic mass is 9.88. The Balaban J connectivity index is 2.07. The van der Waals surface area contributed by atoms with Crippen molar-refractivity contribution >= 4 is 11.9 Å². The summed E-state index contributed by atoms with van der Waals surface area (Å²) < 4.78 is 0. The maximum absolute atomic E-state index is 12.8. The first-order valence-corrected chi connectivity index (χ1v) is 7.36. The molecule has 2 heterocycles. The van der Waals surface area contributed by atoms with Gasteiger partial charge in [0.1, 0.15) is 0 Å². The number of piperidine rings is 1. The normalized spacial score (nSPS) is 31.4. The van der Waals surface area contributed by atoms with Gasteiger partial charge in [0.2, 0.25) is 5.91 Å². The van der Waals surface area contributed by atoms with Crippen molar-refractivity contribution in [2.24, 2.45) is 5.92 Å². The van der Waals surface area contributed by atoms with Crippen LogP contribution in [0.1, 0.15) is 45.4 Å². The molecule has 0 aliphatic carbocycles. The Kier molecular flexibility index (Phi) is 4.45. The van der Waals surface area contributed by atoms with Crippen molar-refractivity contribution in [2.45, 2.75) is 51.0 Å². The van der Waals surface area contributed by atoms with E-state index in [1.807, 2.05) is 0 Å². The molecule has 5 heteroatoms. The first-order valence-electron chi connectivity index (χ1n) is 7.36. The van der Waals surface area contributed by atoms with Crippen molar-refractivity contribution in [3.8, 4) is 0 Å². The highest BCUT2D eigenvalue weighted by Gasteiger charge is 2.43. The molecule has 19 heavy (non-hydrogen) atoms. The van der Waals surface area contributed by atoms with Crippen LogP contribution in [0, 0.1) is 5.92 Å². The van der Waals surface area contributed by atoms with Gasteiger partial charge in [-0.1, -0.05) is 13.3 Å². The fourth-order valence-corrected chi connectivity index (χ4v) is 3.40. The minimum Gasteiger partial charge on any atom is -0.481 e. The van der Waals surface area contributed by atoms with Crippen LogP contribution in [0.3, 0.4) is 0 Å². The number of carboxylic acid groups (broad SMARTS) is 1. The first-order chi connectivity index (χ1) is 9.09. The van der Waals surface area contributed by atoms with E-state index in [4.69, 9.17) is 5.11 Å². The number of hydrogen-bond donors (Lipinski definition) is 2. The predicted octanol–water partition coefficient (Wildman–Crippen LogP) is 1.23. The number of likely N-dealkylation sites (tertiary alicyclic amines) is 1. The van der Waals surface area contributed by atoms with Gasteiger partial charge in [0.15, 0.2) is 0 Å². The lowest BCUT2D eigenvalue weighted by Crippen LogP contribution is -2.57. The summed E-state index contributed by atoms with van der Waals surface area (Å²) in [6.45, 7) is 4.06. The molecule has 2 unspecified atom stereocenters. The van der Waals surface area contributed by atoms with Crippen molar-refractivity contribution in [3.05, 3.63) is 0 Å². The van der Waals surface area contributed by atoms with E-state index in [9.17, 15) is 9.59 Å². The van der Waals surface area contributed by atoms with Gasteiger partial charge in [0.25, 0.3) is 0 Å². The number of rotatable bonds is 4. The maximum Gasteiger partial charge on any atom is 0.308 e. The molecule has 2 saturated heterocycles. The van der Waals surface area contributed by atoms with Crippen LogP contribution >= 0.6 is 0 Å². The minimum atomic E-state index is -0.776. The molecule has 0 bridgehead atoms. The lowest BCUT2D eigenvalue weighted by Gasteiger charge is -2.38. The second-order valence-electron chi connectivity index (χ2n) is 5.79. The molecular formula is C14H24N2O3. The average molecular weight is 268 g/mol. The molecule has 2 fully saturated rings. The van der Waals surface area contributed by atoms with Gasteiger partial charge in [0.05, 0.1) is 11.5 Å². The molecule has 1 amide bonds. The predicted molar refractivity (Wildman–Crippen MR) is 71.8 cm³/mol. The van der Waals surface area contributed by atoms with E-state index >= 15 is 0 Å². The zero-order valence-corrected chi connectivity index (χ0v) is 11.7. The van der Waals surface area contributed by atoms with E-state index in [2.05, 4.69) is 12.2 Å². The van der Waals surface area contributed by atoms with E-state index in [1.165, 1.54) is 0 Å². The first kappa shape index (κ1) is 14.3. The number of hydrogen-bond acceptors (Lipinski definition) is 3. The smallest absolute Gasteiger partial charge is 0.308 e. The Hall–Kier alpha value is -1.10. The Morgan fingerprint density at radius 3 is 2.79 bits per heavy atom. The summed E-state index contributed by atoms with van der Waals surface area (Å²) in [6, 6.07) is 0. The van der Waals surface area contributed by atoms with Gasteiger partial charge in [-0.15, -0.1) is 0 Å². The number of nitrogens with one attached hydrogen (secondary N) is 1. The molecule has 0 aromatic rings. The summed E-state index contributed by atoms with van der Waals surface area (Å²) in [6.07, 6.45) is 5.21. The number of aliphatic carboxylic acids is 1. The summed E-state index contributed by atoms with van der Waals surface area (Å²) in [7, 11) is 0. The third kappa shape index (κ3) is 2.91. The Labute approximate surface area is 114 Å². The molecule has 5 nitrogen and oxygen atoms in total. The molecule has 0 saturated carbocycles. The second-order valence-corrected chi connectivity index (χ2v) is 5.79. The van der Waals surface area contributed by atoms with E-state index in [-0.39, 0.29) is 5.91 Å². The van der Waals surface area contributed by atoms with Gasteiger partial charge in [-0.3, -0.25) is 9.59 Å². The van der Waals surface area contributed by atoms with Gasteiger partial charge < -0.3 is 15.3 Å². The summed E-state index contributed by atoms with van der Waals surface area (Å²) in [5, 5.41) is 12.5. The Morgan fingerprint density at radius 1 is 1.42 bits per heavy atom. The van der Waals surface area contributed by atoms with Crippen LogP contribution in [0.5, 0.6) is 0 Å². The number of carboxylic acids is 1.